The molecule has 2 aromatic heterocycles. The van der Waals surface area contributed by atoms with Crippen LogP contribution in [0, 0.1) is 0 Å². The largest absolute Gasteiger partial charge is 0.493 e. The Morgan fingerprint density at radius 3 is 2.48 bits per heavy atom. The van der Waals surface area contributed by atoms with E-state index in [0.29, 0.717) is 35.1 Å². The van der Waals surface area contributed by atoms with E-state index in [9.17, 15) is 4.79 Å². The number of methoxy groups -OCH3 is 2. The van der Waals surface area contributed by atoms with Crippen molar-refractivity contribution in [3.05, 3.63) is 84.6 Å². The van der Waals surface area contributed by atoms with Crippen LogP contribution in [-0.2, 0) is 6.54 Å². The van der Waals surface area contributed by atoms with Crippen LogP contribution in [0.4, 0.5) is 0 Å². The fraction of sp³-hybridized carbons (Fsp3) is 0.167. The van der Waals surface area contributed by atoms with Gasteiger partial charge in [0, 0.05) is 18.8 Å². The second-order valence-electron chi connectivity index (χ2n) is 6.98. The minimum Gasteiger partial charge on any atom is -0.493 e. The third kappa shape index (κ3) is 4.16. The number of carbonyl (C=O) groups is 1. The average Bonchev–Trinajstić information content (AvgIpc) is 3.49. The van der Waals surface area contributed by atoms with Gasteiger partial charge in [-0.3, -0.25) is 4.79 Å². The molecule has 2 aromatic carbocycles. The first-order valence-corrected chi connectivity index (χ1v) is 9.76. The van der Waals surface area contributed by atoms with Gasteiger partial charge < -0.3 is 18.8 Å². The van der Waals surface area contributed by atoms with E-state index >= 15 is 0 Å². The predicted molar refractivity (Wildman–Crippen MR) is 117 cm³/mol. The minimum absolute atomic E-state index is 0.212. The van der Waals surface area contributed by atoms with Gasteiger partial charge in [0.1, 0.15) is 5.76 Å². The molecule has 0 aliphatic rings. The summed E-state index contributed by atoms with van der Waals surface area (Å²) in [7, 11) is 4.90. The maximum absolute atomic E-state index is 13.3. The molecule has 0 N–H and O–H groups in total. The number of hydrogen-bond donors (Lipinski definition) is 0. The molecule has 0 spiro atoms. The second kappa shape index (κ2) is 8.79. The van der Waals surface area contributed by atoms with Gasteiger partial charge in [0.25, 0.3) is 5.91 Å². The quantitative estimate of drug-likeness (QED) is 0.445. The molecule has 158 valence electrons. The van der Waals surface area contributed by atoms with E-state index < -0.39 is 0 Å². The number of aromatic nitrogens is 2. The molecule has 2 heterocycles. The van der Waals surface area contributed by atoms with Crippen LogP contribution in [0.2, 0.25) is 0 Å². The third-order valence-corrected chi connectivity index (χ3v) is 4.95. The lowest BCUT2D eigenvalue weighted by atomic mass is 10.0. The van der Waals surface area contributed by atoms with Crippen molar-refractivity contribution in [3.8, 4) is 28.3 Å². The van der Waals surface area contributed by atoms with Gasteiger partial charge in [-0.25, -0.2) is 4.68 Å². The van der Waals surface area contributed by atoms with Crippen molar-refractivity contribution in [1.82, 2.24) is 14.7 Å². The van der Waals surface area contributed by atoms with E-state index in [4.69, 9.17) is 13.9 Å². The standard InChI is InChI=1S/C24H23N3O4/c1-26(15-19-10-7-13-31-19)24(28)23-20(16-27(25-23)18-8-5-4-6-9-18)17-11-12-21(29-2)22(14-17)30-3/h4-14,16H,15H2,1-3H3. The number of para-hydroxylation sites is 1. The Balaban J connectivity index is 1.78. The zero-order chi connectivity index (χ0) is 21.8. The summed E-state index contributed by atoms with van der Waals surface area (Å²) in [5, 5.41) is 4.63. The van der Waals surface area contributed by atoms with Crippen LogP contribution in [-0.4, -0.2) is 41.9 Å². The molecule has 0 aliphatic carbocycles. The number of nitrogens with zero attached hydrogens (tertiary/aromatic N) is 3. The summed E-state index contributed by atoms with van der Waals surface area (Å²) in [6.45, 7) is 0.343. The molecule has 7 heteroatoms. The number of carbonyl (C=O) groups excluding carboxylic acids is 1. The second-order valence-corrected chi connectivity index (χ2v) is 6.98. The van der Waals surface area contributed by atoms with Crippen LogP contribution in [0.15, 0.2) is 77.5 Å². The Bertz CT molecular complexity index is 1170. The highest BCUT2D eigenvalue weighted by atomic mass is 16.5. The Hall–Kier alpha value is -4.00. The lowest BCUT2D eigenvalue weighted by Gasteiger charge is -2.15. The first kappa shape index (κ1) is 20.3. The maximum Gasteiger partial charge on any atom is 0.275 e. The molecule has 0 bridgehead atoms. The summed E-state index contributed by atoms with van der Waals surface area (Å²) in [6, 6.07) is 18.8. The first-order chi connectivity index (χ1) is 15.1. The third-order valence-electron chi connectivity index (χ3n) is 4.95. The van der Waals surface area contributed by atoms with E-state index in [1.807, 2.05) is 60.8 Å². The van der Waals surface area contributed by atoms with Gasteiger partial charge in [-0.2, -0.15) is 5.10 Å². The maximum atomic E-state index is 13.3. The van der Waals surface area contributed by atoms with Crippen LogP contribution in [0.5, 0.6) is 11.5 Å². The SMILES string of the molecule is COc1ccc(-c2cn(-c3ccccc3)nc2C(=O)N(C)Cc2ccco2)cc1OC. The van der Waals surface area contributed by atoms with E-state index in [1.54, 1.807) is 43.2 Å². The molecule has 0 radical (unpaired) electrons. The van der Waals surface area contributed by atoms with Gasteiger partial charge in [0.15, 0.2) is 17.2 Å². The topological polar surface area (TPSA) is 69.7 Å². The summed E-state index contributed by atoms with van der Waals surface area (Å²) in [5.74, 6) is 1.68. The molecule has 0 unspecified atom stereocenters. The number of ether oxygens (including phenoxy) is 2. The van der Waals surface area contributed by atoms with Gasteiger partial charge in [0.2, 0.25) is 0 Å². The number of amides is 1. The molecule has 0 fully saturated rings. The molecule has 4 aromatic rings. The molecule has 1 amide bonds. The summed E-state index contributed by atoms with van der Waals surface area (Å²) in [4.78, 5) is 14.9. The molecule has 0 saturated heterocycles. The molecule has 7 nitrogen and oxygen atoms in total. The van der Waals surface area contributed by atoms with Crippen LogP contribution in [0.25, 0.3) is 16.8 Å². The molecule has 0 atom stereocenters. The normalized spacial score (nSPS) is 10.7. The molecule has 4 rings (SSSR count). The Morgan fingerprint density at radius 2 is 1.81 bits per heavy atom. The first-order valence-electron chi connectivity index (χ1n) is 9.76. The van der Waals surface area contributed by atoms with Gasteiger partial charge in [0.05, 0.1) is 32.7 Å². The van der Waals surface area contributed by atoms with Gasteiger partial charge in [-0.05, 0) is 42.0 Å². The van der Waals surface area contributed by atoms with Gasteiger partial charge in [-0.15, -0.1) is 0 Å². The van der Waals surface area contributed by atoms with Crippen LogP contribution in [0.3, 0.4) is 0 Å². The molecular weight excluding hydrogens is 394 g/mol. The Kier molecular flexibility index (Phi) is 5.75. The van der Waals surface area contributed by atoms with Gasteiger partial charge in [-0.1, -0.05) is 24.3 Å². The molecule has 0 aliphatic heterocycles. The zero-order valence-corrected chi connectivity index (χ0v) is 17.6. The smallest absolute Gasteiger partial charge is 0.275 e. The number of benzene rings is 2. The highest BCUT2D eigenvalue weighted by molar-refractivity contribution is 5.99. The number of furan rings is 1. The molecule has 0 saturated carbocycles. The summed E-state index contributed by atoms with van der Waals surface area (Å²) < 4.78 is 17.9. The van der Waals surface area contributed by atoms with Crippen LogP contribution < -0.4 is 9.47 Å². The Morgan fingerprint density at radius 1 is 1.03 bits per heavy atom. The van der Waals surface area contributed by atoms with Crippen molar-refractivity contribution >= 4 is 5.91 Å². The fourth-order valence-corrected chi connectivity index (χ4v) is 3.35. The van der Waals surface area contributed by atoms with Crippen molar-refractivity contribution < 1.29 is 18.7 Å². The lowest BCUT2D eigenvalue weighted by Crippen LogP contribution is -2.27. The van der Waals surface area contributed by atoms with E-state index in [2.05, 4.69) is 5.10 Å². The average molecular weight is 417 g/mol. The number of hydrogen-bond acceptors (Lipinski definition) is 5. The van der Waals surface area contributed by atoms with Gasteiger partial charge >= 0.3 is 0 Å². The van der Waals surface area contributed by atoms with Crippen LogP contribution >= 0.6 is 0 Å². The van der Waals surface area contributed by atoms with Crippen molar-refractivity contribution in [2.75, 3.05) is 21.3 Å². The minimum atomic E-state index is -0.212. The van der Waals surface area contributed by atoms with Crippen molar-refractivity contribution in [1.29, 1.82) is 0 Å². The summed E-state index contributed by atoms with van der Waals surface area (Å²) in [6.07, 6.45) is 3.44. The monoisotopic (exact) mass is 417 g/mol. The molecular formula is C24H23N3O4. The van der Waals surface area contributed by atoms with Crippen LogP contribution in [0.1, 0.15) is 16.2 Å². The van der Waals surface area contributed by atoms with Crippen molar-refractivity contribution in [3.63, 3.8) is 0 Å². The number of rotatable bonds is 7. The highest BCUT2D eigenvalue weighted by Gasteiger charge is 2.23. The Labute approximate surface area is 180 Å². The molecule has 31 heavy (non-hydrogen) atoms. The highest BCUT2D eigenvalue weighted by Crippen LogP contribution is 2.34. The van der Waals surface area contributed by atoms with Crippen molar-refractivity contribution in [2.45, 2.75) is 6.54 Å². The fourth-order valence-electron chi connectivity index (χ4n) is 3.35. The zero-order valence-electron chi connectivity index (χ0n) is 17.6. The van der Waals surface area contributed by atoms with E-state index in [1.165, 1.54) is 0 Å². The summed E-state index contributed by atoms with van der Waals surface area (Å²) in [5.41, 5.74) is 2.69. The van der Waals surface area contributed by atoms with E-state index in [0.717, 1.165) is 11.3 Å². The van der Waals surface area contributed by atoms with E-state index in [-0.39, 0.29) is 5.91 Å². The predicted octanol–water partition coefficient (Wildman–Crippen LogP) is 4.42. The lowest BCUT2D eigenvalue weighted by molar-refractivity contribution is 0.0770. The van der Waals surface area contributed by atoms with Crippen molar-refractivity contribution in [2.24, 2.45) is 0 Å². The summed E-state index contributed by atoms with van der Waals surface area (Å²) >= 11 is 0.